The first-order valence-electron chi connectivity index (χ1n) is 8.31. The summed E-state index contributed by atoms with van der Waals surface area (Å²) in [5.74, 6) is 2.19. The number of aliphatic hydroxyl groups excluding tert-OH is 1. The van der Waals surface area contributed by atoms with E-state index >= 15 is 0 Å². The van der Waals surface area contributed by atoms with Crippen LogP contribution in [0.3, 0.4) is 0 Å². The molecule has 2 aliphatic rings. The maximum absolute atomic E-state index is 9.00. The van der Waals surface area contributed by atoms with E-state index in [1.54, 1.807) is 0 Å². The monoisotopic (exact) mass is 544 g/mol. The van der Waals surface area contributed by atoms with Gasteiger partial charge in [0.15, 0.2) is 23.0 Å². The number of aliphatic carboxylic acids is 1. The zero-order valence-electron chi connectivity index (χ0n) is 16.7. The minimum Gasteiger partial charge on any atom is -0.481 e. The summed E-state index contributed by atoms with van der Waals surface area (Å²) in [5.41, 5.74) is 1.94. The summed E-state index contributed by atoms with van der Waals surface area (Å²) in [4.78, 5) is 17.8. The topological polar surface area (TPSA) is 112 Å². The van der Waals surface area contributed by atoms with Crippen LogP contribution in [0.25, 0.3) is 11.1 Å². The smallest absolute Gasteiger partial charge is 0.300 e. The van der Waals surface area contributed by atoms with E-state index in [-0.39, 0.29) is 33.1 Å². The number of aldehydes is 1. The minimum absolute atomic E-state index is 0. The van der Waals surface area contributed by atoms with E-state index in [4.69, 9.17) is 38.7 Å². The van der Waals surface area contributed by atoms with E-state index in [0.29, 0.717) is 0 Å². The average Bonchev–Trinajstić information content (AvgIpc) is 3.33. The van der Waals surface area contributed by atoms with Crippen LogP contribution in [0.4, 0.5) is 0 Å². The molecule has 11 heteroatoms. The van der Waals surface area contributed by atoms with E-state index in [2.05, 4.69) is 18.5 Å². The Kier molecular flexibility index (Phi) is 13.4. The molecule has 0 radical (unpaired) electrons. The van der Waals surface area contributed by atoms with Crippen molar-refractivity contribution < 1.29 is 58.2 Å². The van der Waals surface area contributed by atoms with Gasteiger partial charge in [-0.2, -0.15) is 0 Å². The van der Waals surface area contributed by atoms with Crippen molar-refractivity contribution in [1.29, 1.82) is 0 Å². The number of hydrogen-bond donors (Lipinski definition) is 2. The molecule has 0 fully saturated rings. The van der Waals surface area contributed by atoms with Gasteiger partial charge < -0.3 is 34.0 Å². The molecule has 0 amide bonds. The molecule has 2 aromatic carbocycles. The van der Waals surface area contributed by atoms with E-state index in [1.165, 1.54) is 6.92 Å². The average molecular weight is 543 g/mol. The number of aliphatic hydroxyl groups is 1. The first-order chi connectivity index (χ1) is 13.9. The number of rotatable bonds is 1. The number of carbonyl (C=O) groups is 2. The van der Waals surface area contributed by atoms with Crippen LogP contribution in [-0.4, -0.2) is 43.2 Å². The minimum atomic E-state index is -0.833. The van der Waals surface area contributed by atoms with Crippen molar-refractivity contribution in [3.8, 4) is 34.1 Å². The van der Waals surface area contributed by atoms with Gasteiger partial charge in [0.25, 0.3) is 5.97 Å². The Morgan fingerprint density at radius 1 is 0.900 bits per heavy atom. The van der Waals surface area contributed by atoms with Gasteiger partial charge >= 0.3 is 0 Å². The number of benzene rings is 2. The third-order valence-corrected chi connectivity index (χ3v) is 4.36. The van der Waals surface area contributed by atoms with Crippen molar-refractivity contribution in [2.45, 2.75) is 13.8 Å². The van der Waals surface area contributed by atoms with Gasteiger partial charge in [-0.1, -0.05) is 12.1 Å². The van der Waals surface area contributed by atoms with Crippen molar-refractivity contribution in [1.82, 2.24) is 0 Å². The summed E-state index contributed by atoms with van der Waals surface area (Å²) >= 11 is 0. The third-order valence-electron chi connectivity index (χ3n) is 3.39. The van der Waals surface area contributed by atoms with Crippen LogP contribution in [0.2, 0.25) is 0 Å². The zero-order valence-corrected chi connectivity index (χ0v) is 20.7. The molecule has 166 valence electrons. The molecule has 2 heterocycles. The summed E-state index contributed by atoms with van der Waals surface area (Å²) in [7, 11) is 6.47. The molecule has 2 unspecified atom stereocenters. The SMILES string of the molecule is CC(=O)O.CC=O.CO.Pc1ccc2c(c1-c1c(P)ccc3c1OCO3)OCO2.[Ru]. The fourth-order valence-electron chi connectivity index (χ4n) is 2.49. The predicted molar refractivity (Wildman–Crippen MR) is 116 cm³/mol. The maximum atomic E-state index is 9.00. The van der Waals surface area contributed by atoms with E-state index in [9.17, 15) is 0 Å². The molecule has 0 aliphatic carbocycles. The van der Waals surface area contributed by atoms with Gasteiger partial charge in [-0.05, 0) is 29.7 Å². The molecule has 0 saturated carbocycles. The van der Waals surface area contributed by atoms with Crippen molar-refractivity contribution in [2.75, 3.05) is 20.7 Å². The number of fused-ring (bicyclic) bond motifs is 2. The van der Waals surface area contributed by atoms with Crippen LogP contribution in [0.1, 0.15) is 13.8 Å². The van der Waals surface area contributed by atoms with Crippen molar-refractivity contribution >= 4 is 41.3 Å². The predicted octanol–water partition coefficient (Wildman–Crippen LogP) is 1.71. The second-order valence-electron chi connectivity index (χ2n) is 5.28. The quantitative estimate of drug-likeness (QED) is 0.318. The van der Waals surface area contributed by atoms with Gasteiger partial charge in [-0.25, -0.2) is 0 Å². The Hall–Kier alpha value is -1.78. The Morgan fingerprint density at radius 2 is 1.20 bits per heavy atom. The third kappa shape index (κ3) is 7.17. The van der Waals surface area contributed by atoms with Gasteiger partial charge in [0.05, 0.1) is 0 Å². The molecule has 8 nitrogen and oxygen atoms in total. The van der Waals surface area contributed by atoms with Gasteiger partial charge in [0.2, 0.25) is 13.6 Å². The number of carboxylic acids is 1. The molecular formula is C19H24O8P2Ru. The van der Waals surface area contributed by atoms with Crippen LogP contribution in [0.5, 0.6) is 23.0 Å². The molecule has 2 atom stereocenters. The molecule has 2 aliphatic heterocycles. The molecular weight excluding hydrogens is 519 g/mol. The first-order valence-corrected chi connectivity index (χ1v) is 9.46. The van der Waals surface area contributed by atoms with Crippen molar-refractivity contribution in [3.05, 3.63) is 24.3 Å². The number of carbonyl (C=O) groups excluding carboxylic acids is 1. The molecule has 0 aromatic heterocycles. The fraction of sp³-hybridized carbons (Fsp3) is 0.263. The molecule has 0 saturated heterocycles. The Morgan fingerprint density at radius 3 is 1.50 bits per heavy atom. The number of carboxylic acid groups (broad SMARTS) is 1. The molecule has 0 spiro atoms. The maximum Gasteiger partial charge on any atom is 0.300 e. The zero-order chi connectivity index (χ0) is 22.0. The van der Waals surface area contributed by atoms with Crippen molar-refractivity contribution in [2.24, 2.45) is 0 Å². The molecule has 30 heavy (non-hydrogen) atoms. The van der Waals surface area contributed by atoms with Gasteiger partial charge in [0, 0.05) is 44.6 Å². The summed E-state index contributed by atoms with van der Waals surface area (Å²) < 4.78 is 22.2. The van der Waals surface area contributed by atoms with E-state index in [0.717, 1.165) is 65.1 Å². The Labute approximate surface area is 192 Å². The second-order valence-corrected chi connectivity index (χ2v) is 6.53. The van der Waals surface area contributed by atoms with E-state index < -0.39 is 5.97 Å². The summed E-state index contributed by atoms with van der Waals surface area (Å²) in [6, 6.07) is 7.81. The van der Waals surface area contributed by atoms with Crippen LogP contribution in [0, 0.1) is 0 Å². The molecule has 2 aromatic rings. The van der Waals surface area contributed by atoms with Gasteiger partial charge in [0.1, 0.15) is 6.29 Å². The van der Waals surface area contributed by atoms with E-state index in [1.807, 2.05) is 24.3 Å². The summed E-state index contributed by atoms with van der Waals surface area (Å²) in [6.45, 7) is 3.02. The van der Waals surface area contributed by atoms with Gasteiger partial charge in [-0.15, -0.1) is 18.5 Å². The van der Waals surface area contributed by atoms with Crippen LogP contribution < -0.4 is 29.6 Å². The first kappa shape index (κ1) is 28.2. The molecule has 0 bridgehead atoms. The Bertz CT molecular complexity index is 795. The van der Waals surface area contributed by atoms with Gasteiger partial charge in [-0.3, -0.25) is 4.79 Å². The number of hydrogen-bond acceptors (Lipinski definition) is 7. The van der Waals surface area contributed by atoms with Crippen molar-refractivity contribution in [3.63, 3.8) is 0 Å². The van der Waals surface area contributed by atoms with Crippen LogP contribution in [-0.2, 0) is 29.1 Å². The number of ether oxygens (including phenoxy) is 4. The molecule has 2 N–H and O–H groups in total. The molecule has 4 rings (SSSR count). The summed E-state index contributed by atoms with van der Waals surface area (Å²) in [6.07, 6.45) is 0.750. The van der Waals surface area contributed by atoms with Crippen LogP contribution >= 0.6 is 18.5 Å². The fourth-order valence-corrected chi connectivity index (χ4v) is 3.23. The standard InChI is InChI=1S/C14H12O4P2.C2H4O2.C2H4O.CH4O.Ru/c19-9-3-1-7-13(17-5-15-7)11(9)12-10(20)4-2-8-14(12)18-6-16-8;1-2(3)4;1-2-3;1-2;/h1-4H,5-6,19-20H2;1H3,(H,3,4);2H,1H3;2H,1H3;. The second kappa shape index (κ2) is 14.3. The van der Waals surface area contributed by atoms with Crippen LogP contribution in [0.15, 0.2) is 24.3 Å². The normalized spacial score (nSPS) is 11.3. The summed E-state index contributed by atoms with van der Waals surface area (Å²) in [5, 5.41) is 16.5. The largest absolute Gasteiger partial charge is 0.481 e. The Balaban J connectivity index is 0.000000732.